The predicted octanol–water partition coefficient (Wildman–Crippen LogP) is 2.65. The number of ether oxygens (including phenoxy) is 1. The number of halogens is 1. The third kappa shape index (κ3) is 4.63. The number of rotatable bonds is 8. The van der Waals surface area contributed by atoms with Crippen LogP contribution in [0.2, 0.25) is 0 Å². The van der Waals surface area contributed by atoms with E-state index in [1.54, 1.807) is 6.07 Å². The van der Waals surface area contributed by atoms with E-state index in [-0.39, 0.29) is 18.5 Å². The first kappa shape index (κ1) is 14.9. The van der Waals surface area contributed by atoms with Crippen LogP contribution in [-0.2, 0) is 0 Å². The quantitative estimate of drug-likeness (QED) is 0.702. The molecule has 2 N–H and O–H groups in total. The van der Waals surface area contributed by atoms with Gasteiger partial charge in [0.05, 0.1) is 6.61 Å². The molecule has 0 aliphatic rings. The fourth-order valence-corrected chi connectivity index (χ4v) is 1.72. The van der Waals surface area contributed by atoms with E-state index in [1.807, 2.05) is 14.0 Å². The Labute approximate surface area is 108 Å². The molecular weight excluding hydrogens is 233 g/mol. The smallest absolute Gasteiger partial charge is 0.126 e. The first-order chi connectivity index (χ1) is 8.69. The van der Waals surface area contributed by atoms with Gasteiger partial charge in [0.1, 0.15) is 11.6 Å². The first-order valence-corrected chi connectivity index (χ1v) is 6.39. The summed E-state index contributed by atoms with van der Waals surface area (Å²) in [6, 6.07) is 4.74. The van der Waals surface area contributed by atoms with Crippen LogP contribution in [-0.4, -0.2) is 25.4 Å². The Morgan fingerprint density at radius 3 is 2.78 bits per heavy atom. The molecule has 1 aromatic carbocycles. The van der Waals surface area contributed by atoms with Crippen molar-refractivity contribution in [2.45, 2.75) is 32.2 Å². The highest BCUT2D eigenvalue weighted by Gasteiger charge is 2.11. The second-order valence-corrected chi connectivity index (χ2v) is 4.33. The summed E-state index contributed by atoms with van der Waals surface area (Å²) in [7, 11) is 1.86. The molecule has 1 aromatic rings. The molecule has 0 aliphatic heterocycles. The Bertz CT molecular complexity index is 358. The zero-order valence-electron chi connectivity index (χ0n) is 11.1. The number of hydrogen-bond donors (Lipinski definition) is 2. The van der Waals surface area contributed by atoms with Crippen molar-refractivity contribution in [2.24, 2.45) is 0 Å². The Hall–Kier alpha value is -1.13. The number of hydrogen-bond acceptors (Lipinski definition) is 3. The van der Waals surface area contributed by atoms with E-state index in [0.717, 1.165) is 24.8 Å². The van der Waals surface area contributed by atoms with E-state index in [9.17, 15) is 4.39 Å². The van der Waals surface area contributed by atoms with Crippen LogP contribution in [0.1, 0.15) is 37.8 Å². The minimum absolute atomic E-state index is 0.123. The standard InChI is InChI=1S/C14H22FNO2/c1-11(16-2)13-7-6-12(15)10-14(13)18-9-5-3-4-8-17/h6-7,10-11,16-17H,3-5,8-9H2,1-2H3. The van der Waals surface area contributed by atoms with E-state index >= 15 is 0 Å². The Morgan fingerprint density at radius 1 is 1.33 bits per heavy atom. The van der Waals surface area contributed by atoms with Crippen LogP contribution in [0.5, 0.6) is 5.75 Å². The highest BCUT2D eigenvalue weighted by atomic mass is 19.1. The van der Waals surface area contributed by atoms with Gasteiger partial charge in [-0.25, -0.2) is 4.39 Å². The highest BCUT2D eigenvalue weighted by Crippen LogP contribution is 2.26. The number of aliphatic hydroxyl groups excluding tert-OH is 1. The molecule has 0 spiro atoms. The van der Waals surface area contributed by atoms with Gasteiger partial charge < -0.3 is 15.2 Å². The SMILES string of the molecule is CNC(C)c1ccc(F)cc1OCCCCCO. The zero-order valence-corrected chi connectivity index (χ0v) is 11.1. The van der Waals surface area contributed by atoms with Gasteiger partial charge in [-0.1, -0.05) is 6.07 Å². The third-order valence-electron chi connectivity index (χ3n) is 2.94. The number of aliphatic hydroxyl groups is 1. The molecule has 0 saturated carbocycles. The maximum Gasteiger partial charge on any atom is 0.126 e. The molecule has 0 aliphatic carbocycles. The van der Waals surface area contributed by atoms with E-state index in [4.69, 9.17) is 9.84 Å². The van der Waals surface area contributed by atoms with Gasteiger partial charge in [-0.15, -0.1) is 0 Å². The van der Waals surface area contributed by atoms with Gasteiger partial charge in [0.25, 0.3) is 0 Å². The van der Waals surface area contributed by atoms with E-state index < -0.39 is 0 Å². The molecule has 1 atom stereocenters. The summed E-state index contributed by atoms with van der Waals surface area (Å²) >= 11 is 0. The van der Waals surface area contributed by atoms with Gasteiger partial charge in [0, 0.05) is 24.3 Å². The van der Waals surface area contributed by atoms with Crippen molar-refractivity contribution in [1.82, 2.24) is 5.32 Å². The molecule has 4 heteroatoms. The van der Waals surface area contributed by atoms with Gasteiger partial charge in [0.2, 0.25) is 0 Å². The lowest BCUT2D eigenvalue weighted by Crippen LogP contribution is -2.14. The summed E-state index contributed by atoms with van der Waals surface area (Å²) < 4.78 is 18.8. The van der Waals surface area contributed by atoms with Gasteiger partial charge in [-0.05, 0) is 39.3 Å². The Balaban J connectivity index is 2.59. The molecule has 1 unspecified atom stereocenters. The van der Waals surface area contributed by atoms with Crippen LogP contribution in [0, 0.1) is 5.82 Å². The minimum Gasteiger partial charge on any atom is -0.493 e. The van der Waals surface area contributed by atoms with Crippen LogP contribution in [0.25, 0.3) is 0 Å². The van der Waals surface area contributed by atoms with Crippen LogP contribution < -0.4 is 10.1 Å². The lowest BCUT2D eigenvalue weighted by Gasteiger charge is -2.16. The lowest BCUT2D eigenvalue weighted by atomic mass is 10.1. The summed E-state index contributed by atoms with van der Waals surface area (Å²) in [6.45, 7) is 2.76. The maximum absolute atomic E-state index is 13.2. The Morgan fingerprint density at radius 2 is 2.11 bits per heavy atom. The highest BCUT2D eigenvalue weighted by molar-refractivity contribution is 5.36. The predicted molar refractivity (Wildman–Crippen MR) is 70.3 cm³/mol. The summed E-state index contributed by atoms with van der Waals surface area (Å²) in [6.07, 6.45) is 2.57. The van der Waals surface area contributed by atoms with Crippen LogP contribution in [0.4, 0.5) is 4.39 Å². The molecular formula is C14H22FNO2. The number of benzene rings is 1. The first-order valence-electron chi connectivity index (χ1n) is 6.39. The molecule has 0 aromatic heterocycles. The van der Waals surface area contributed by atoms with E-state index in [1.165, 1.54) is 12.1 Å². The zero-order chi connectivity index (χ0) is 13.4. The summed E-state index contributed by atoms with van der Waals surface area (Å²) in [5.74, 6) is 0.313. The van der Waals surface area contributed by atoms with Crippen LogP contribution in [0.15, 0.2) is 18.2 Å². The van der Waals surface area contributed by atoms with Gasteiger partial charge in [0.15, 0.2) is 0 Å². The minimum atomic E-state index is -0.285. The topological polar surface area (TPSA) is 41.5 Å². The van der Waals surface area contributed by atoms with Gasteiger partial charge in [-0.2, -0.15) is 0 Å². The molecule has 0 fully saturated rings. The van der Waals surface area contributed by atoms with Crippen molar-refractivity contribution in [3.05, 3.63) is 29.6 Å². The maximum atomic E-state index is 13.2. The van der Waals surface area contributed by atoms with Crippen molar-refractivity contribution < 1.29 is 14.2 Å². The molecule has 0 amide bonds. The van der Waals surface area contributed by atoms with Crippen LogP contribution >= 0.6 is 0 Å². The van der Waals surface area contributed by atoms with Crippen molar-refractivity contribution in [2.75, 3.05) is 20.3 Å². The van der Waals surface area contributed by atoms with Crippen molar-refractivity contribution >= 4 is 0 Å². The number of nitrogens with one attached hydrogen (secondary N) is 1. The molecule has 1 rings (SSSR count). The van der Waals surface area contributed by atoms with Crippen molar-refractivity contribution in [3.8, 4) is 5.75 Å². The lowest BCUT2D eigenvalue weighted by molar-refractivity contribution is 0.264. The normalized spacial score (nSPS) is 12.4. The largest absolute Gasteiger partial charge is 0.493 e. The fourth-order valence-electron chi connectivity index (χ4n) is 1.72. The fraction of sp³-hybridized carbons (Fsp3) is 0.571. The summed E-state index contributed by atoms with van der Waals surface area (Å²) in [5, 5.41) is 11.8. The second-order valence-electron chi connectivity index (χ2n) is 4.33. The summed E-state index contributed by atoms with van der Waals surface area (Å²) in [4.78, 5) is 0. The third-order valence-corrected chi connectivity index (χ3v) is 2.94. The molecule has 0 saturated heterocycles. The van der Waals surface area contributed by atoms with Crippen molar-refractivity contribution in [3.63, 3.8) is 0 Å². The molecule has 0 bridgehead atoms. The Kier molecular flexibility index (Phi) is 6.68. The molecule has 0 heterocycles. The molecule has 3 nitrogen and oxygen atoms in total. The molecule has 18 heavy (non-hydrogen) atoms. The van der Waals surface area contributed by atoms with Crippen molar-refractivity contribution in [1.29, 1.82) is 0 Å². The molecule has 0 radical (unpaired) electrons. The molecule has 102 valence electrons. The second kappa shape index (κ2) is 8.06. The van der Waals surface area contributed by atoms with Crippen LogP contribution in [0.3, 0.4) is 0 Å². The monoisotopic (exact) mass is 255 g/mol. The van der Waals surface area contributed by atoms with E-state index in [0.29, 0.717) is 12.4 Å². The summed E-state index contributed by atoms with van der Waals surface area (Å²) in [5.41, 5.74) is 0.959. The average Bonchev–Trinajstić information content (AvgIpc) is 2.38. The van der Waals surface area contributed by atoms with Gasteiger partial charge >= 0.3 is 0 Å². The van der Waals surface area contributed by atoms with Gasteiger partial charge in [-0.3, -0.25) is 0 Å². The van der Waals surface area contributed by atoms with E-state index in [2.05, 4.69) is 5.32 Å². The number of unbranched alkanes of at least 4 members (excludes halogenated alkanes) is 2. The average molecular weight is 255 g/mol.